The second kappa shape index (κ2) is 7.97. The third kappa shape index (κ3) is 3.83. The van der Waals surface area contributed by atoms with E-state index < -0.39 is 0 Å². The summed E-state index contributed by atoms with van der Waals surface area (Å²) in [5.74, 6) is 0.341. The smallest absolute Gasteiger partial charge is 0.257 e. The molecule has 0 spiro atoms. The van der Waals surface area contributed by atoms with E-state index in [0.717, 1.165) is 11.1 Å². The van der Waals surface area contributed by atoms with Crippen LogP contribution >= 0.6 is 0 Å². The molecule has 3 aromatic rings. The van der Waals surface area contributed by atoms with Crippen LogP contribution in [0, 0.1) is 6.92 Å². The fourth-order valence-electron chi connectivity index (χ4n) is 2.98. The van der Waals surface area contributed by atoms with Gasteiger partial charge in [-0.1, -0.05) is 65.8 Å². The molecule has 1 amide bonds. The van der Waals surface area contributed by atoms with E-state index >= 15 is 0 Å². The first-order valence-corrected chi connectivity index (χ1v) is 8.59. The van der Waals surface area contributed by atoms with Crippen molar-refractivity contribution in [3.63, 3.8) is 0 Å². The number of nitrogens with zero attached hydrogens (tertiary/aromatic N) is 2. The number of aryl methyl sites for hydroxylation is 1. The molecule has 134 valence electrons. The van der Waals surface area contributed by atoms with E-state index in [2.05, 4.69) is 27.5 Å². The quantitative estimate of drug-likeness (QED) is 0.737. The lowest BCUT2D eigenvalue weighted by atomic mass is 10.0. The van der Waals surface area contributed by atoms with Crippen molar-refractivity contribution >= 4 is 5.91 Å². The summed E-state index contributed by atoms with van der Waals surface area (Å²) < 4.78 is 5.29. The molecule has 1 N–H and O–H groups in total. The molecule has 5 heteroatoms. The van der Waals surface area contributed by atoms with Crippen LogP contribution in [-0.4, -0.2) is 36.6 Å². The van der Waals surface area contributed by atoms with Crippen LogP contribution in [-0.2, 0) is 0 Å². The molecule has 0 saturated heterocycles. The van der Waals surface area contributed by atoms with Gasteiger partial charge in [-0.05, 0) is 26.6 Å². The minimum atomic E-state index is -0.176. The molecule has 0 fully saturated rings. The predicted octanol–water partition coefficient (Wildman–Crippen LogP) is 3.68. The maximum absolute atomic E-state index is 12.8. The van der Waals surface area contributed by atoms with Crippen LogP contribution in [0.5, 0.6) is 0 Å². The van der Waals surface area contributed by atoms with Crippen molar-refractivity contribution in [2.45, 2.75) is 13.0 Å². The number of likely N-dealkylation sites (N-methyl/N-ethyl adjacent to an activating group) is 1. The highest BCUT2D eigenvalue weighted by Gasteiger charge is 2.23. The van der Waals surface area contributed by atoms with Gasteiger partial charge in [0.1, 0.15) is 17.0 Å². The van der Waals surface area contributed by atoms with Gasteiger partial charge in [0.2, 0.25) is 0 Å². The fraction of sp³-hybridized carbons (Fsp3) is 0.238. The number of rotatable bonds is 6. The lowest BCUT2D eigenvalue weighted by Gasteiger charge is -2.25. The minimum Gasteiger partial charge on any atom is -0.360 e. The zero-order chi connectivity index (χ0) is 18.5. The maximum Gasteiger partial charge on any atom is 0.257 e. The van der Waals surface area contributed by atoms with Gasteiger partial charge >= 0.3 is 0 Å². The van der Waals surface area contributed by atoms with Crippen LogP contribution in [0.25, 0.3) is 11.3 Å². The summed E-state index contributed by atoms with van der Waals surface area (Å²) in [5.41, 5.74) is 3.08. The first-order valence-electron chi connectivity index (χ1n) is 8.59. The topological polar surface area (TPSA) is 58.4 Å². The van der Waals surface area contributed by atoms with Crippen molar-refractivity contribution < 1.29 is 9.32 Å². The van der Waals surface area contributed by atoms with Gasteiger partial charge in [-0.15, -0.1) is 0 Å². The number of carbonyl (C=O) groups excluding carboxylic acids is 1. The number of aromatic nitrogens is 1. The number of nitrogens with one attached hydrogen (secondary N) is 1. The fourth-order valence-corrected chi connectivity index (χ4v) is 2.98. The van der Waals surface area contributed by atoms with Gasteiger partial charge in [-0.2, -0.15) is 0 Å². The maximum atomic E-state index is 12.8. The molecule has 0 unspecified atom stereocenters. The van der Waals surface area contributed by atoms with E-state index in [-0.39, 0.29) is 11.9 Å². The number of carbonyl (C=O) groups is 1. The molecule has 1 atom stereocenters. The predicted molar refractivity (Wildman–Crippen MR) is 102 cm³/mol. The molecule has 0 aliphatic carbocycles. The average molecular weight is 349 g/mol. The number of hydrogen-bond donors (Lipinski definition) is 1. The number of benzene rings is 2. The van der Waals surface area contributed by atoms with Crippen molar-refractivity contribution in [3.05, 3.63) is 77.6 Å². The van der Waals surface area contributed by atoms with E-state index in [9.17, 15) is 4.79 Å². The molecule has 0 saturated carbocycles. The summed E-state index contributed by atoms with van der Waals surface area (Å²) in [6.45, 7) is 2.25. The first-order chi connectivity index (χ1) is 12.6. The van der Waals surface area contributed by atoms with Gasteiger partial charge in [0.25, 0.3) is 5.91 Å². The van der Waals surface area contributed by atoms with Crippen LogP contribution in [0.2, 0.25) is 0 Å². The zero-order valence-electron chi connectivity index (χ0n) is 15.3. The summed E-state index contributed by atoms with van der Waals surface area (Å²) in [6, 6.07) is 19.8. The number of hydrogen-bond acceptors (Lipinski definition) is 4. The van der Waals surface area contributed by atoms with Gasteiger partial charge in [0.15, 0.2) is 0 Å². The third-order valence-electron chi connectivity index (χ3n) is 4.40. The van der Waals surface area contributed by atoms with Gasteiger partial charge in [-0.3, -0.25) is 4.79 Å². The van der Waals surface area contributed by atoms with E-state index in [4.69, 9.17) is 4.52 Å². The Morgan fingerprint density at radius 3 is 2.31 bits per heavy atom. The Morgan fingerprint density at radius 1 is 1.08 bits per heavy atom. The molecular formula is C21H23N3O2. The zero-order valence-corrected chi connectivity index (χ0v) is 15.3. The second-order valence-electron chi connectivity index (χ2n) is 6.43. The molecule has 3 rings (SSSR count). The molecule has 0 aliphatic heterocycles. The third-order valence-corrected chi connectivity index (χ3v) is 4.40. The van der Waals surface area contributed by atoms with E-state index in [0.29, 0.717) is 23.6 Å². The molecule has 1 heterocycles. The minimum absolute atomic E-state index is 0.0838. The molecule has 0 bridgehead atoms. The highest BCUT2D eigenvalue weighted by molar-refractivity contribution is 6.00. The van der Waals surface area contributed by atoms with E-state index in [1.54, 1.807) is 6.92 Å². The van der Waals surface area contributed by atoms with Crippen LogP contribution in [0.3, 0.4) is 0 Å². The molecule has 2 aromatic carbocycles. The van der Waals surface area contributed by atoms with Crippen molar-refractivity contribution in [2.75, 3.05) is 20.6 Å². The van der Waals surface area contributed by atoms with Crippen LogP contribution in [0.15, 0.2) is 65.2 Å². The lowest BCUT2D eigenvalue weighted by molar-refractivity contribution is 0.0941. The monoisotopic (exact) mass is 349 g/mol. The normalized spacial score (nSPS) is 12.2. The van der Waals surface area contributed by atoms with Crippen molar-refractivity contribution in [1.29, 1.82) is 0 Å². The van der Waals surface area contributed by atoms with Crippen LogP contribution in [0.1, 0.15) is 27.7 Å². The average Bonchev–Trinajstić information content (AvgIpc) is 3.04. The standard InChI is InChI=1S/C21H23N3O2/c1-15-19(20(23-26-15)17-12-8-5-9-13-17)21(25)22-14-18(24(2)3)16-10-6-4-7-11-16/h4-13,18H,14H2,1-3H3,(H,22,25)/t18-/m0/s1. The molecule has 0 radical (unpaired) electrons. The van der Waals surface area contributed by atoms with Crippen LogP contribution < -0.4 is 5.32 Å². The van der Waals surface area contributed by atoms with E-state index in [1.165, 1.54) is 0 Å². The molecule has 1 aromatic heterocycles. The Kier molecular flexibility index (Phi) is 5.49. The Hall–Kier alpha value is -2.92. The van der Waals surface area contributed by atoms with Crippen molar-refractivity contribution in [3.8, 4) is 11.3 Å². The Bertz CT molecular complexity index is 857. The summed E-state index contributed by atoms with van der Waals surface area (Å²) in [7, 11) is 4.01. The Balaban J connectivity index is 1.79. The molecule has 26 heavy (non-hydrogen) atoms. The van der Waals surface area contributed by atoms with Crippen molar-refractivity contribution in [2.24, 2.45) is 0 Å². The number of amides is 1. The van der Waals surface area contributed by atoms with Crippen molar-refractivity contribution in [1.82, 2.24) is 15.4 Å². The Labute approximate surface area is 153 Å². The van der Waals surface area contributed by atoms with Gasteiger partial charge in [0.05, 0.1) is 6.04 Å². The summed E-state index contributed by atoms with van der Waals surface area (Å²) in [6.07, 6.45) is 0. The molecular weight excluding hydrogens is 326 g/mol. The second-order valence-corrected chi connectivity index (χ2v) is 6.43. The van der Waals surface area contributed by atoms with Gasteiger partial charge in [-0.25, -0.2) is 0 Å². The van der Waals surface area contributed by atoms with Crippen LogP contribution in [0.4, 0.5) is 0 Å². The highest BCUT2D eigenvalue weighted by Crippen LogP contribution is 2.25. The Morgan fingerprint density at radius 2 is 1.69 bits per heavy atom. The van der Waals surface area contributed by atoms with Gasteiger partial charge in [0, 0.05) is 12.1 Å². The highest BCUT2D eigenvalue weighted by atomic mass is 16.5. The lowest BCUT2D eigenvalue weighted by Crippen LogP contribution is -2.34. The molecule has 0 aliphatic rings. The summed E-state index contributed by atoms with van der Waals surface area (Å²) in [5, 5.41) is 7.12. The summed E-state index contributed by atoms with van der Waals surface area (Å²) in [4.78, 5) is 14.9. The van der Waals surface area contributed by atoms with E-state index in [1.807, 2.05) is 62.6 Å². The summed E-state index contributed by atoms with van der Waals surface area (Å²) >= 11 is 0. The molecule has 5 nitrogen and oxygen atoms in total. The SMILES string of the molecule is Cc1onc(-c2ccccc2)c1C(=O)NC[C@@H](c1ccccc1)N(C)C. The largest absolute Gasteiger partial charge is 0.360 e. The first kappa shape index (κ1) is 17.9. The van der Waals surface area contributed by atoms with Gasteiger partial charge < -0.3 is 14.7 Å².